The zero-order valence-corrected chi connectivity index (χ0v) is 13.1. The highest BCUT2D eigenvalue weighted by Crippen LogP contribution is 2.22. The molecule has 1 aromatic rings. The zero-order valence-electron chi connectivity index (χ0n) is 12.3. The third-order valence-electron chi connectivity index (χ3n) is 3.52. The first-order chi connectivity index (χ1) is 10.0. The Morgan fingerprint density at radius 1 is 1.48 bits per heavy atom. The van der Waals surface area contributed by atoms with Crippen LogP contribution in [0.15, 0.2) is 24.3 Å². The summed E-state index contributed by atoms with van der Waals surface area (Å²) in [6.45, 7) is 4.86. The van der Waals surface area contributed by atoms with E-state index >= 15 is 0 Å². The van der Waals surface area contributed by atoms with Gasteiger partial charge in [0.25, 0.3) is 0 Å². The highest BCUT2D eigenvalue weighted by atomic mass is 32.2. The minimum atomic E-state index is -0.934. The summed E-state index contributed by atoms with van der Waals surface area (Å²) in [7, 11) is 0. The molecule has 0 bridgehead atoms. The van der Waals surface area contributed by atoms with E-state index in [4.69, 9.17) is 0 Å². The topological polar surface area (TPSA) is 60.9 Å². The average molecular weight is 308 g/mol. The van der Waals surface area contributed by atoms with Gasteiger partial charge in [-0.25, -0.2) is 9.59 Å². The molecule has 1 heterocycles. The van der Waals surface area contributed by atoms with Gasteiger partial charge in [0.05, 0.1) is 0 Å². The molecule has 2 rings (SSSR count). The highest BCUT2D eigenvalue weighted by Gasteiger charge is 2.34. The molecule has 1 atom stereocenters. The Bertz CT molecular complexity index is 535. The van der Waals surface area contributed by atoms with E-state index in [-0.39, 0.29) is 6.03 Å². The van der Waals surface area contributed by atoms with Crippen LogP contribution in [0.4, 0.5) is 10.5 Å². The van der Waals surface area contributed by atoms with Gasteiger partial charge in [-0.1, -0.05) is 12.1 Å². The summed E-state index contributed by atoms with van der Waals surface area (Å²) < 4.78 is 0. The Morgan fingerprint density at radius 2 is 2.24 bits per heavy atom. The molecule has 5 nitrogen and oxygen atoms in total. The number of aryl methyl sites for hydroxylation is 1. The summed E-state index contributed by atoms with van der Waals surface area (Å²) in [5, 5.41) is 9.30. The van der Waals surface area contributed by atoms with Gasteiger partial charge in [-0.2, -0.15) is 11.8 Å². The predicted octanol–water partition coefficient (Wildman–Crippen LogP) is 2.44. The fourth-order valence-corrected chi connectivity index (χ4v) is 3.45. The first-order valence-electron chi connectivity index (χ1n) is 7.00. The third kappa shape index (κ3) is 3.50. The number of hydrogen-bond acceptors (Lipinski definition) is 3. The molecule has 1 aliphatic heterocycles. The first-order valence-corrected chi connectivity index (χ1v) is 8.15. The van der Waals surface area contributed by atoms with Gasteiger partial charge in [0, 0.05) is 30.3 Å². The second-order valence-electron chi connectivity index (χ2n) is 4.99. The van der Waals surface area contributed by atoms with Crippen LogP contribution in [0.3, 0.4) is 0 Å². The van der Waals surface area contributed by atoms with Crippen LogP contribution in [0.25, 0.3) is 0 Å². The van der Waals surface area contributed by atoms with Gasteiger partial charge in [0.1, 0.15) is 6.04 Å². The molecule has 0 saturated carbocycles. The van der Waals surface area contributed by atoms with Gasteiger partial charge in [-0.15, -0.1) is 0 Å². The van der Waals surface area contributed by atoms with Gasteiger partial charge in [0.2, 0.25) is 0 Å². The van der Waals surface area contributed by atoms with Crippen LogP contribution in [0.1, 0.15) is 12.5 Å². The van der Waals surface area contributed by atoms with Crippen LogP contribution in [0, 0.1) is 6.92 Å². The predicted molar refractivity (Wildman–Crippen MR) is 85.0 cm³/mol. The molecule has 114 valence electrons. The van der Waals surface area contributed by atoms with Crippen molar-refractivity contribution in [3.63, 3.8) is 0 Å². The number of anilines is 1. The number of urea groups is 1. The summed E-state index contributed by atoms with van der Waals surface area (Å²) >= 11 is 1.58. The molecule has 0 spiro atoms. The molecule has 0 aromatic heterocycles. The second-order valence-corrected chi connectivity index (χ2v) is 6.14. The molecular weight excluding hydrogens is 288 g/mol. The number of carbonyl (C=O) groups is 2. The SMILES string of the molecule is CCN(C(=O)N1CCSCC1C(=O)O)c1cccc(C)c1. The molecule has 0 aliphatic carbocycles. The number of thioether (sulfide) groups is 1. The number of benzene rings is 1. The van der Waals surface area contributed by atoms with Gasteiger partial charge in [-0.3, -0.25) is 4.90 Å². The number of aliphatic carboxylic acids is 1. The van der Waals surface area contributed by atoms with Gasteiger partial charge in [0.15, 0.2) is 0 Å². The van der Waals surface area contributed by atoms with Crippen LogP contribution in [0.5, 0.6) is 0 Å². The maximum absolute atomic E-state index is 12.7. The number of carboxylic acids is 1. The van der Waals surface area contributed by atoms with Crippen LogP contribution in [-0.4, -0.2) is 52.6 Å². The van der Waals surface area contributed by atoms with E-state index in [0.29, 0.717) is 18.8 Å². The lowest BCUT2D eigenvalue weighted by molar-refractivity contribution is -0.141. The molecule has 0 radical (unpaired) electrons. The summed E-state index contributed by atoms with van der Waals surface area (Å²) in [5.41, 5.74) is 1.88. The van der Waals surface area contributed by atoms with Crippen LogP contribution < -0.4 is 4.90 Å². The summed E-state index contributed by atoms with van der Waals surface area (Å²) in [5.74, 6) is 0.295. The van der Waals surface area contributed by atoms with Crippen molar-refractivity contribution in [2.45, 2.75) is 19.9 Å². The molecule has 1 fully saturated rings. The van der Waals surface area contributed by atoms with Crippen molar-refractivity contribution in [2.75, 3.05) is 29.5 Å². The van der Waals surface area contributed by atoms with Crippen molar-refractivity contribution in [3.8, 4) is 0 Å². The van der Waals surface area contributed by atoms with E-state index in [1.165, 1.54) is 4.90 Å². The molecule has 1 aliphatic rings. The van der Waals surface area contributed by atoms with Crippen molar-refractivity contribution in [1.82, 2.24) is 4.90 Å². The van der Waals surface area contributed by atoms with Crippen molar-refractivity contribution in [3.05, 3.63) is 29.8 Å². The molecule has 1 unspecified atom stereocenters. The van der Waals surface area contributed by atoms with E-state index in [1.807, 2.05) is 38.1 Å². The lowest BCUT2D eigenvalue weighted by atomic mass is 10.2. The quantitative estimate of drug-likeness (QED) is 0.931. The summed E-state index contributed by atoms with van der Waals surface area (Å²) in [4.78, 5) is 27.2. The normalized spacial score (nSPS) is 18.4. The first kappa shape index (κ1) is 15.7. The van der Waals surface area contributed by atoms with Gasteiger partial charge < -0.3 is 10.0 Å². The standard InChI is InChI=1S/C15H20N2O3S/c1-3-16(12-6-4-5-11(2)9-12)15(20)17-7-8-21-10-13(17)14(18)19/h4-6,9,13H,3,7-8,10H2,1-2H3,(H,18,19). The Labute approximate surface area is 128 Å². The number of nitrogens with zero attached hydrogens (tertiary/aromatic N) is 2. The number of carboxylic acid groups (broad SMARTS) is 1. The lowest BCUT2D eigenvalue weighted by Gasteiger charge is -2.36. The fraction of sp³-hybridized carbons (Fsp3) is 0.467. The Hall–Kier alpha value is -1.69. The Balaban J connectivity index is 2.24. The van der Waals surface area contributed by atoms with E-state index in [0.717, 1.165) is 17.0 Å². The largest absolute Gasteiger partial charge is 0.480 e. The van der Waals surface area contributed by atoms with E-state index in [9.17, 15) is 14.7 Å². The maximum Gasteiger partial charge on any atom is 0.327 e. The van der Waals surface area contributed by atoms with Crippen molar-refractivity contribution >= 4 is 29.4 Å². The van der Waals surface area contributed by atoms with Gasteiger partial charge in [-0.05, 0) is 31.5 Å². The highest BCUT2D eigenvalue weighted by molar-refractivity contribution is 7.99. The average Bonchev–Trinajstić information content (AvgIpc) is 2.48. The van der Waals surface area contributed by atoms with Gasteiger partial charge >= 0.3 is 12.0 Å². The second kappa shape index (κ2) is 6.85. The summed E-state index contributed by atoms with van der Waals surface area (Å²) in [6.07, 6.45) is 0. The molecule has 21 heavy (non-hydrogen) atoms. The van der Waals surface area contributed by atoms with E-state index in [2.05, 4.69) is 0 Å². The molecule has 1 N–H and O–H groups in total. The van der Waals surface area contributed by atoms with Crippen molar-refractivity contribution in [1.29, 1.82) is 0 Å². The van der Waals surface area contributed by atoms with Crippen LogP contribution in [0.2, 0.25) is 0 Å². The number of rotatable bonds is 3. The smallest absolute Gasteiger partial charge is 0.327 e. The molecule has 1 aromatic carbocycles. The molecule has 2 amide bonds. The van der Waals surface area contributed by atoms with Crippen LogP contribution in [-0.2, 0) is 4.79 Å². The van der Waals surface area contributed by atoms with E-state index in [1.54, 1.807) is 16.7 Å². The molecular formula is C15H20N2O3S. The monoisotopic (exact) mass is 308 g/mol. The number of hydrogen-bond donors (Lipinski definition) is 1. The Morgan fingerprint density at radius 3 is 2.86 bits per heavy atom. The Kier molecular flexibility index (Phi) is 5.12. The molecule has 1 saturated heterocycles. The van der Waals surface area contributed by atoms with Crippen molar-refractivity contribution < 1.29 is 14.7 Å². The number of carbonyl (C=O) groups excluding carboxylic acids is 1. The third-order valence-corrected chi connectivity index (χ3v) is 4.54. The summed E-state index contributed by atoms with van der Waals surface area (Å²) in [6, 6.07) is 6.73. The van der Waals surface area contributed by atoms with Crippen LogP contribution >= 0.6 is 11.8 Å². The zero-order chi connectivity index (χ0) is 15.4. The van der Waals surface area contributed by atoms with E-state index < -0.39 is 12.0 Å². The minimum absolute atomic E-state index is 0.226. The van der Waals surface area contributed by atoms with Crippen molar-refractivity contribution in [2.24, 2.45) is 0 Å². The lowest BCUT2D eigenvalue weighted by Crippen LogP contribution is -2.55. The number of amides is 2. The maximum atomic E-state index is 12.7. The fourth-order valence-electron chi connectivity index (χ4n) is 2.42. The molecule has 6 heteroatoms. The minimum Gasteiger partial charge on any atom is -0.480 e.